The molecular formula is C9H11ClN4. The Balaban J connectivity index is 2.05. The molecule has 1 aromatic rings. The summed E-state index contributed by atoms with van der Waals surface area (Å²) in [5.74, 6) is 0.456. The quantitative estimate of drug-likeness (QED) is 0.782. The summed E-state index contributed by atoms with van der Waals surface area (Å²) in [6, 6.07) is 0. The van der Waals surface area contributed by atoms with Crippen LogP contribution in [0.5, 0.6) is 0 Å². The van der Waals surface area contributed by atoms with E-state index in [1.54, 1.807) is 6.20 Å². The van der Waals surface area contributed by atoms with Crippen molar-refractivity contribution in [2.45, 2.75) is 19.3 Å². The van der Waals surface area contributed by atoms with E-state index in [2.05, 4.69) is 15.0 Å². The van der Waals surface area contributed by atoms with E-state index in [1.807, 2.05) is 6.20 Å². The molecule has 0 amide bonds. The predicted molar refractivity (Wildman–Crippen MR) is 57.3 cm³/mol. The first-order chi connectivity index (χ1) is 6.74. The van der Waals surface area contributed by atoms with Gasteiger partial charge in [0.1, 0.15) is 5.17 Å². The Hall–Kier alpha value is -1.29. The summed E-state index contributed by atoms with van der Waals surface area (Å²) in [5, 5.41) is 0.679. The molecule has 1 aliphatic rings. The normalized spacial score (nSPS) is 16.4. The Kier molecular flexibility index (Phi) is 2.54. The highest BCUT2D eigenvalue weighted by Crippen LogP contribution is 2.18. The average molecular weight is 211 g/mol. The van der Waals surface area contributed by atoms with Crippen LogP contribution in [0.15, 0.2) is 23.0 Å². The van der Waals surface area contributed by atoms with Gasteiger partial charge in [-0.25, -0.2) is 9.98 Å². The van der Waals surface area contributed by atoms with Crippen LogP contribution in [-0.4, -0.2) is 15.1 Å². The molecule has 0 radical (unpaired) electrons. The van der Waals surface area contributed by atoms with Gasteiger partial charge in [0.2, 0.25) is 0 Å². The van der Waals surface area contributed by atoms with Crippen LogP contribution in [0.3, 0.4) is 0 Å². The molecule has 2 rings (SSSR count). The molecule has 0 atom stereocenters. The number of halogens is 1. The van der Waals surface area contributed by atoms with Crippen molar-refractivity contribution in [3.63, 3.8) is 0 Å². The molecule has 0 aromatic carbocycles. The van der Waals surface area contributed by atoms with Crippen LogP contribution in [0.4, 0.5) is 5.95 Å². The molecule has 0 fully saturated rings. The fraction of sp³-hybridized carbons (Fsp3) is 0.333. The second-order valence-corrected chi connectivity index (χ2v) is 3.70. The van der Waals surface area contributed by atoms with Crippen molar-refractivity contribution < 1.29 is 0 Å². The van der Waals surface area contributed by atoms with Gasteiger partial charge < -0.3 is 10.7 Å². The number of nitrogens with zero attached hydrogens (tertiary/aromatic N) is 2. The van der Waals surface area contributed by atoms with Crippen molar-refractivity contribution in [1.82, 2.24) is 9.97 Å². The van der Waals surface area contributed by atoms with Crippen LogP contribution in [0.1, 0.15) is 18.5 Å². The first kappa shape index (κ1) is 9.27. The summed E-state index contributed by atoms with van der Waals surface area (Å²) < 4.78 is 0. The first-order valence-electron chi connectivity index (χ1n) is 4.43. The van der Waals surface area contributed by atoms with E-state index in [9.17, 15) is 0 Å². The maximum Gasteiger partial charge on any atom is 0.197 e. The second-order valence-electron chi connectivity index (χ2n) is 3.26. The van der Waals surface area contributed by atoms with E-state index in [1.165, 1.54) is 5.57 Å². The van der Waals surface area contributed by atoms with Crippen LogP contribution in [0.25, 0.3) is 0 Å². The highest BCUT2D eigenvalue weighted by atomic mass is 35.5. The lowest BCUT2D eigenvalue weighted by atomic mass is 10.1. The van der Waals surface area contributed by atoms with Gasteiger partial charge in [0.05, 0.1) is 6.20 Å². The number of hydrogen-bond acceptors (Lipinski definition) is 3. The van der Waals surface area contributed by atoms with Gasteiger partial charge in [0.25, 0.3) is 0 Å². The number of nitrogens with one attached hydrogen (secondary N) is 1. The molecule has 0 spiro atoms. The van der Waals surface area contributed by atoms with Gasteiger partial charge in [-0.2, -0.15) is 0 Å². The van der Waals surface area contributed by atoms with Gasteiger partial charge in [-0.15, -0.1) is 0 Å². The van der Waals surface area contributed by atoms with Gasteiger partial charge in [0.15, 0.2) is 5.95 Å². The van der Waals surface area contributed by atoms with Crippen molar-refractivity contribution in [2.75, 3.05) is 5.73 Å². The van der Waals surface area contributed by atoms with E-state index in [0.717, 1.165) is 25.0 Å². The lowest BCUT2D eigenvalue weighted by Gasteiger charge is -2.08. The fourth-order valence-corrected chi connectivity index (χ4v) is 1.54. The second kappa shape index (κ2) is 3.84. The number of nitrogen functional groups attached to an aromatic ring is 1. The fourth-order valence-electron chi connectivity index (χ4n) is 1.40. The number of aliphatic imine (C=N–C) groups is 1. The molecule has 1 aromatic heterocycles. The molecule has 14 heavy (non-hydrogen) atoms. The molecule has 0 saturated carbocycles. The van der Waals surface area contributed by atoms with Gasteiger partial charge >= 0.3 is 0 Å². The maximum atomic E-state index is 5.75. The molecule has 3 N–H and O–H groups in total. The third kappa shape index (κ3) is 2.14. The number of nitrogens with two attached hydrogens (primary N) is 1. The van der Waals surface area contributed by atoms with Crippen LogP contribution < -0.4 is 5.73 Å². The highest BCUT2D eigenvalue weighted by Gasteiger charge is 2.07. The zero-order chi connectivity index (χ0) is 9.97. The van der Waals surface area contributed by atoms with Gasteiger partial charge in [-0.3, -0.25) is 0 Å². The van der Waals surface area contributed by atoms with E-state index in [0.29, 0.717) is 11.1 Å². The number of imidazole rings is 1. The lowest BCUT2D eigenvalue weighted by Crippen LogP contribution is -1.99. The first-order valence-corrected chi connectivity index (χ1v) is 4.81. The summed E-state index contributed by atoms with van der Waals surface area (Å²) in [6.45, 7) is 0. The third-order valence-electron chi connectivity index (χ3n) is 2.11. The molecule has 1 aliphatic heterocycles. The van der Waals surface area contributed by atoms with Crippen LogP contribution in [0, 0.1) is 0 Å². The largest absolute Gasteiger partial charge is 0.369 e. The maximum absolute atomic E-state index is 5.75. The van der Waals surface area contributed by atoms with E-state index >= 15 is 0 Å². The van der Waals surface area contributed by atoms with Crippen LogP contribution in [0.2, 0.25) is 0 Å². The zero-order valence-corrected chi connectivity index (χ0v) is 8.38. The summed E-state index contributed by atoms with van der Waals surface area (Å²) >= 11 is 5.75. The Morgan fingerprint density at radius 3 is 2.93 bits per heavy atom. The average Bonchev–Trinajstić information content (AvgIpc) is 2.56. The number of rotatable bonds is 2. The molecule has 4 nitrogen and oxygen atoms in total. The lowest BCUT2D eigenvalue weighted by molar-refractivity contribution is 0.913. The van der Waals surface area contributed by atoms with Crippen LogP contribution in [-0.2, 0) is 6.42 Å². The van der Waals surface area contributed by atoms with Gasteiger partial charge in [-0.05, 0) is 12.0 Å². The van der Waals surface area contributed by atoms with Gasteiger partial charge in [0, 0.05) is 24.7 Å². The van der Waals surface area contributed by atoms with Crippen molar-refractivity contribution in [1.29, 1.82) is 0 Å². The molecule has 0 aliphatic carbocycles. The minimum Gasteiger partial charge on any atom is -0.369 e. The summed E-state index contributed by atoms with van der Waals surface area (Å²) in [4.78, 5) is 11.0. The SMILES string of the molecule is Nc1ncc(CC2=CN=C(Cl)CC2)[nH]1. The number of anilines is 1. The van der Waals surface area contributed by atoms with Crippen LogP contribution >= 0.6 is 11.6 Å². The molecule has 74 valence electrons. The molecule has 0 bridgehead atoms. The van der Waals surface area contributed by atoms with Crippen molar-refractivity contribution in [3.8, 4) is 0 Å². The van der Waals surface area contributed by atoms with Crippen molar-refractivity contribution >= 4 is 22.7 Å². The van der Waals surface area contributed by atoms with Gasteiger partial charge in [-0.1, -0.05) is 11.6 Å². The smallest absolute Gasteiger partial charge is 0.197 e. The summed E-state index contributed by atoms with van der Waals surface area (Å²) in [7, 11) is 0. The number of aromatic amines is 1. The van der Waals surface area contributed by atoms with E-state index in [4.69, 9.17) is 17.3 Å². The number of aromatic nitrogens is 2. The van der Waals surface area contributed by atoms with Crippen molar-refractivity contribution in [3.05, 3.63) is 23.7 Å². The minimum absolute atomic E-state index is 0.456. The Labute approximate surface area is 86.9 Å². The molecule has 5 heteroatoms. The number of allylic oxidation sites excluding steroid dienone is 1. The Morgan fingerprint density at radius 2 is 2.36 bits per heavy atom. The predicted octanol–water partition coefficient (Wildman–Crippen LogP) is 1.85. The Bertz CT molecular complexity index is 391. The standard InChI is InChI=1S/C9H11ClN4/c10-8-2-1-6(4-12-8)3-7-5-13-9(11)14-7/h4-5H,1-3H2,(H3,11,13,14). The molecule has 0 unspecified atom stereocenters. The number of hydrogen-bond donors (Lipinski definition) is 2. The Morgan fingerprint density at radius 1 is 1.50 bits per heavy atom. The summed E-state index contributed by atoms with van der Waals surface area (Å²) in [6.07, 6.45) is 6.18. The monoisotopic (exact) mass is 210 g/mol. The van der Waals surface area contributed by atoms with E-state index in [-0.39, 0.29) is 0 Å². The molecule has 0 saturated heterocycles. The van der Waals surface area contributed by atoms with E-state index < -0.39 is 0 Å². The molecule has 2 heterocycles. The number of H-pyrrole nitrogens is 1. The topological polar surface area (TPSA) is 67.1 Å². The third-order valence-corrected chi connectivity index (χ3v) is 2.39. The minimum atomic E-state index is 0.456. The highest BCUT2D eigenvalue weighted by molar-refractivity contribution is 6.65. The zero-order valence-electron chi connectivity index (χ0n) is 7.63. The summed E-state index contributed by atoms with van der Waals surface area (Å²) in [5.41, 5.74) is 7.73. The molecular weight excluding hydrogens is 200 g/mol. The van der Waals surface area contributed by atoms with Crippen molar-refractivity contribution in [2.24, 2.45) is 4.99 Å².